The molecule has 2 N–H and O–H groups in total. The van der Waals surface area contributed by atoms with Gasteiger partial charge < -0.3 is 5.11 Å². The highest BCUT2D eigenvalue weighted by atomic mass is 16.4. The van der Waals surface area contributed by atoms with E-state index in [1.54, 1.807) is 0 Å². The van der Waals surface area contributed by atoms with Crippen LogP contribution in [0.3, 0.4) is 0 Å². The summed E-state index contributed by atoms with van der Waals surface area (Å²) in [7, 11) is 0. The monoisotopic (exact) mass is 155 g/mol. The summed E-state index contributed by atoms with van der Waals surface area (Å²) in [6.45, 7) is 0. The van der Waals surface area contributed by atoms with Crippen molar-refractivity contribution in [3.05, 3.63) is 0 Å². The van der Waals surface area contributed by atoms with Crippen LogP contribution in [0.2, 0.25) is 0 Å². The highest BCUT2D eigenvalue weighted by Crippen LogP contribution is 2.36. The lowest BCUT2D eigenvalue weighted by Crippen LogP contribution is -2.66. The summed E-state index contributed by atoms with van der Waals surface area (Å²) in [5, 5.41) is 12.1. The number of carbonyl (C=O) groups is 1. The molecule has 2 saturated heterocycles. The fraction of sp³-hybridized carbons (Fsp3) is 0.875. The predicted octanol–water partition coefficient (Wildman–Crippen LogP) is 0.746. The second-order valence-corrected chi connectivity index (χ2v) is 3.68. The van der Waals surface area contributed by atoms with Crippen molar-refractivity contribution in [3.8, 4) is 0 Å². The lowest BCUT2D eigenvalue weighted by Gasteiger charge is -2.44. The molecule has 3 nitrogen and oxygen atoms in total. The maximum Gasteiger partial charge on any atom is 0.323 e. The van der Waals surface area contributed by atoms with Gasteiger partial charge in [0, 0.05) is 6.04 Å². The quantitative estimate of drug-likeness (QED) is 0.587. The zero-order chi connectivity index (χ0) is 7.90. The molecule has 2 bridgehead atoms. The number of carboxylic acid groups (broad SMARTS) is 1. The van der Waals surface area contributed by atoms with Crippen LogP contribution in [0.1, 0.15) is 32.1 Å². The first-order valence-corrected chi connectivity index (χ1v) is 4.24. The first-order valence-electron chi connectivity index (χ1n) is 4.24. The van der Waals surface area contributed by atoms with E-state index in [1.165, 1.54) is 6.42 Å². The fourth-order valence-electron chi connectivity index (χ4n) is 2.21. The Morgan fingerprint density at radius 3 is 2.91 bits per heavy atom. The van der Waals surface area contributed by atoms with E-state index in [0.717, 1.165) is 25.7 Å². The van der Waals surface area contributed by atoms with E-state index in [2.05, 4.69) is 5.32 Å². The maximum atomic E-state index is 10.8. The van der Waals surface area contributed by atoms with Crippen LogP contribution in [0, 0.1) is 0 Å². The summed E-state index contributed by atoms with van der Waals surface area (Å²) < 4.78 is 0. The van der Waals surface area contributed by atoms with Crippen molar-refractivity contribution in [1.82, 2.24) is 5.32 Å². The minimum absolute atomic E-state index is 0.494. The van der Waals surface area contributed by atoms with Gasteiger partial charge in [-0.2, -0.15) is 0 Å². The van der Waals surface area contributed by atoms with Gasteiger partial charge in [0.25, 0.3) is 0 Å². The third-order valence-corrected chi connectivity index (χ3v) is 2.89. The van der Waals surface area contributed by atoms with Crippen LogP contribution in [0.25, 0.3) is 0 Å². The van der Waals surface area contributed by atoms with Crippen LogP contribution in [0.5, 0.6) is 0 Å². The molecule has 0 spiro atoms. The van der Waals surface area contributed by atoms with E-state index in [1.807, 2.05) is 0 Å². The average Bonchev–Trinajstić information content (AvgIpc) is 2.14. The van der Waals surface area contributed by atoms with Crippen molar-refractivity contribution in [2.45, 2.75) is 43.7 Å². The van der Waals surface area contributed by atoms with E-state index in [4.69, 9.17) is 5.11 Å². The van der Waals surface area contributed by atoms with Crippen LogP contribution >= 0.6 is 0 Å². The maximum absolute atomic E-state index is 10.8. The smallest absolute Gasteiger partial charge is 0.323 e. The molecule has 0 aromatic rings. The Bertz CT molecular complexity index is 179. The molecule has 2 heterocycles. The Labute approximate surface area is 65.8 Å². The zero-order valence-corrected chi connectivity index (χ0v) is 6.47. The van der Waals surface area contributed by atoms with Crippen molar-refractivity contribution in [2.24, 2.45) is 0 Å². The minimum atomic E-state index is -0.657. The highest BCUT2D eigenvalue weighted by molar-refractivity contribution is 5.80. The van der Waals surface area contributed by atoms with Gasteiger partial charge in [0.15, 0.2) is 0 Å². The van der Waals surface area contributed by atoms with E-state index in [-0.39, 0.29) is 0 Å². The Morgan fingerprint density at radius 1 is 1.55 bits per heavy atom. The van der Waals surface area contributed by atoms with Crippen LogP contribution < -0.4 is 5.32 Å². The van der Waals surface area contributed by atoms with Crippen LogP contribution in [-0.4, -0.2) is 22.7 Å². The SMILES string of the molecule is O=C(O)C12CCCCC(C1)N2. The van der Waals surface area contributed by atoms with Gasteiger partial charge in [0.05, 0.1) is 0 Å². The van der Waals surface area contributed by atoms with Gasteiger partial charge in [0.2, 0.25) is 0 Å². The topological polar surface area (TPSA) is 49.3 Å². The molecule has 3 aliphatic rings. The Morgan fingerprint density at radius 2 is 2.27 bits per heavy atom. The second-order valence-electron chi connectivity index (χ2n) is 3.68. The van der Waals surface area contributed by atoms with Gasteiger partial charge in [-0.1, -0.05) is 12.8 Å². The van der Waals surface area contributed by atoms with Gasteiger partial charge in [-0.15, -0.1) is 0 Å². The van der Waals surface area contributed by atoms with E-state index >= 15 is 0 Å². The molecule has 2 atom stereocenters. The second kappa shape index (κ2) is 2.21. The number of hydrogen-bond donors (Lipinski definition) is 2. The molecule has 1 saturated carbocycles. The third-order valence-electron chi connectivity index (χ3n) is 2.89. The molecule has 3 heteroatoms. The van der Waals surface area contributed by atoms with Crippen molar-refractivity contribution < 1.29 is 9.90 Å². The minimum Gasteiger partial charge on any atom is -0.480 e. The van der Waals surface area contributed by atoms with Crippen molar-refractivity contribution >= 4 is 5.97 Å². The fourth-order valence-corrected chi connectivity index (χ4v) is 2.21. The molecular formula is C8H13NO2. The van der Waals surface area contributed by atoms with Gasteiger partial charge in [-0.05, 0) is 19.3 Å². The molecule has 3 fully saturated rings. The largest absolute Gasteiger partial charge is 0.480 e. The van der Waals surface area contributed by atoms with Crippen molar-refractivity contribution in [3.63, 3.8) is 0 Å². The lowest BCUT2D eigenvalue weighted by molar-refractivity contribution is -0.150. The molecule has 62 valence electrons. The predicted molar refractivity (Wildman–Crippen MR) is 40.4 cm³/mol. The number of nitrogens with one attached hydrogen (secondary N) is 1. The van der Waals surface area contributed by atoms with Gasteiger partial charge in [-0.25, -0.2) is 0 Å². The summed E-state index contributed by atoms with van der Waals surface area (Å²) in [6.07, 6.45) is 5.08. The van der Waals surface area contributed by atoms with Crippen LogP contribution in [0.15, 0.2) is 0 Å². The molecular weight excluding hydrogens is 142 g/mol. The summed E-state index contributed by atoms with van der Waals surface area (Å²) in [5.41, 5.74) is -0.527. The summed E-state index contributed by atoms with van der Waals surface area (Å²) in [6, 6.07) is 0.494. The molecule has 0 aromatic carbocycles. The molecule has 1 aliphatic carbocycles. The zero-order valence-electron chi connectivity index (χ0n) is 6.47. The van der Waals surface area contributed by atoms with Gasteiger partial charge >= 0.3 is 5.97 Å². The van der Waals surface area contributed by atoms with Crippen LogP contribution in [-0.2, 0) is 4.79 Å². The van der Waals surface area contributed by atoms with Crippen LogP contribution in [0.4, 0.5) is 0 Å². The molecule has 2 aliphatic heterocycles. The van der Waals surface area contributed by atoms with E-state index in [0.29, 0.717) is 6.04 Å². The average molecular weight is 155 g/mol. The number of hydrogen-bond acceptors (Lipinski definition) is 2. The molecule has 0 amide bonds. The Kier molecular flexibility index (Phi) is 1.42. The Balaban J connectivity index is 2.11. The molecule has 0 aromatic heterocycles. The van der Waals surface area contributed by atoms with Gasteiger partial charge in [-0.3, -0.25) is 10.1 Å². The number of carboxylic acids is 1. The summed E-state index contributed by atoms with van der Waals surface area (Å²) >= 11 is 0. The first kappa shape index (κ1) is 7.10. The first-order chi connectivity index (χ1) is 5.23. The standard InChI is InChI=1S/C8H13NO2/c10-7(11)8-4-2-1-3-6(5-8)9-8/h6,9H,1-5H2,(H,10,11). The third kappa shape index (κ3) is 0.948. The number of fused-ring (bicyclic) bond motifs is 3. The number of rotatable bonds is 1. The summed E-state index contributed by atoms with van der Waals surface area (Å²) in [5.74, 6) is -0.657. The van der Waals surface area contributed by atoms with Gasteiger partial charge in [0.1, 0.15) is 5.54 Å². The molecule has 2 unspecified atom stereocenters. The van der Waals surface area contributed by atoms with Crippen molar-refractivity contribution in [1.29, 1.82) is 0 Å². The summed E-state index contributed by atoms with van der Waals surface area (Å²) in [4.78, 5) is 10.8. The molecule has 3 rings (SSSR count). The highest BCUT2D eigenvalue weighted by Gasteiger charge is 2.50. The van der Waals surface area contributed by atoms with Crippen molar-refractivity contribution in [2.75, 3.05) is 0 Å². The van der Waals surface area contributed by atoms with E-state index < -0.39 is 11.5 Å². The number of aliphatic carboxylic acids is 1. The van der Waals surface area contributed by atoms with E-state index in [9.17, 15) is 4.79 Å². The normalized spacial score (nSPS) is 42.4. The molecule has 11 heavy (non-hydrogen) atoms. The molecule has 0 radical (unpaired) electrons. The Hall–Kier alpha value is -0.570. The lowest BCUT2D eigenvalue weighted by atomic mass is 9.80.